The van der Waals surface area contributed by atoms with Crippen LogP contribution in [-0.4, -0.2) is 34.9 Å². The van der Waals surface area contributed by atoms with Crippen LogP contribution in [0.5, 0.6) is 0 Å². The van der Waals surface area contributed by atoms with Gasteiger partial charge in [-0.1, -0.05) is 39.0 Å². The Morgan fingerprint density at radius 2 is 1.81 bits per heavy atom. The highest BCUT2D eigenvalue weighted by atomic mass is 19.1. The molecule has 5 nitrogen and oxygen atoms in total. The Bertz CT molecular complexity index is 1060. The van der Waals surface area contributed by atoms with E-state index in [0.29, 0.717) is 11.3 Å². The SMILES string of the molecule is CCN(CC)CCc1ccc(-n2c(N)c(C(=O)C3=CC=C(F)CC3C)ccc2=O)cc1. The van der Waals surface area contributed by atoms with Crippen LogP contribution in [-0.2, 0) is 6.42 Å². The minimum absolute atomic E-state index is 0.0940. The lowest BCUT2D eigenvalue weighted by Gasteiger charge is -2.19. The predicted octanol–water partition coefficient (Wildman–Crippen LogP) is 4.31. The van der Waals surface area contributed by atoms with Crippen molar-refractivity contribution in [1.29, 1.82) is 0 Å². The zero-order chi connectivity index (χ0) is 22.5. The first-order valence-electron chi connectivity index (χ1n) is 10.8. The third-order valence-corrected chi connectivity index (χ3v) is 5.92. The van der Waals surface area contributed by atoms with Gasteiger partial charge in [-0.25, -0.2) is 4.39 Å². The van der Waals surface area contributed by atoms with Gasteiger partial charge in [-0.15, -0.1) is 0 Å². The normalized spacial score (nSPS) is 16.2. The summed E-state index contributed by atoms with van der Waals surface area (Å²) in [4.78, 5) is 28.0. The molecule has 3 rings (SSSR count). The van der Waals surface area contributed by atoms with E-state index < -0.39 is 0 Å². The maximum atomic E-state index is 13.5. The van der Waals surface area contributed by atoms with Crippen molar-refractivity contribution in [2.75, 3.05) is 25.4 Å². The molecule has 0 saturated carbocycles. The van der Waals surface area contributed by atoms with Crippen molar-refractivity contribution in [3.8, 4) is 5.69 Å². The maximum absolute atomic E-state index is 13.5. The van der Waals surface area contributed by atoms with Crippen LogP contribution >= 0.6 is 0 Å². The molecule has 1 heterocycles. The molecule has 0 saturated heterocycles. The summed E-state index contributed by atoms with van der Waals surface area (Å²) in [5.41, 5.74) is 8.51. The summed E-state index contributed by atoms with van der Waals surface area (Å²) in [5, 5.41) is 0. The molecule has 1 aromatic heterocycles. The van der Waals surface area contributed by atoms with E-state index in [1.165, 1.54) is 34.4 Å². The predicted molar refractivity (Wildman–Crippen MR) is 123 cm³/mol. The number of Topliss-reactive ketones (excluding diaryl/α,β-unsaturated/α-hetero) is 1. The summed E-state index contributed by atoms with van der Waals surface area (Å²) < 4.78 is 14.8. The molecule has 31 heavy (non-hydrogen) atoms. The van der Waals surface area contributed by atoms with Gasteiger partial charge in [0.15, 0.2) is 5.78 Å². The Kier molecular flexibility index (Phi) is 7.23. The number of pyridine rings is 1. The molecule has 164 valence electrons. The lowest BCUT2D eigenvalue weighted by Crippen LogP contribution is -2.25. The van der Waals surface area contributed by atoms with E-state index >= 15 is 0 Å². The first-order valence-corrected chi connectivity index (χ1v) is 10.8. The average molecular weight is 424 g/mol. The number of ketones is 1. The molecule has 1 aliphatic carbocycles. The van der Waals surface area contributed by atoms with E-state index in [0.717, 1.165) is 26.1 Å². The van der Waals surface area contributed by atoms with E-state index in [-0.39, 0.29) is 40.9 Å². The number of likely N-dealkylation sites (N-methyl/N-ethyl adjacent to an activating group) is 1. The highest BCUT2D eigenvalue weighted by Gasteiger charge is 2.25. The molecule has 0 fully saturated rings. The number of hydrogen-bond donors (Lipinski definition) is 1. The van der Waals surface area contributed by atoms with Crippen LogP contribution in [0.4, 0.5) is 10.2 Å². The lowest BCUT2D eigenvalue weighted by atomic mass is 9.87. The molecule has 2 N–H and O–H groups in total. The van der Waals surface area contributed by atoms with Gasteiger partial charge in [0.25, 0.3) is 5.56 Å². The van der Waals surface area contributed by atoms with Crippen molar-refractivity contribution in [2.24, 2.45) is 5.92 Å². The fourth-order valence-corrected chi connectivity index (χ4v) is 3.92. The molecule has 0 bridgehead atoms. The Morgan fingerprint density at radius 1 is 1.13 bits per heavy atom. The smallest absolute Gasteiger partial charge is 0.256 e. The average Bonchev–Trinajstić information content (AvgIpc) is 2.75. The number of anilines is 1. The number of benzene rings is 1. The summed E-state index contributed by atoms with van der Waals surface area (Å²) >= 11 is 0. The first kappa shape index (κ1) is 22.7. The standard InChI is InChI=1S/C25H30FN3O2/c1-4-28(5-2)15-14-18-6-9-20(10-7-18)29-23(30)13-12-22(25(29)27)24(31)21-11-8-19(26)16-17(21)3/h6-13,17H,4-5,14-16,27H2,1-3H3. The van der Waals surface area contributed by atoms with Crippen LogP contribution in [0, 0.1) is 5.92 Å². The topological polar surface area (TPSA) is 68.3 Å². The third-order valence-electron chi connectivity index (χ3n) is 5.92. The van der Waals surface area contributed by atoms with Gasteiger partial charge in [-0.3, -0.25) is 14.2 Å². The molecular weight excluding hydrogens is 393 g/mol. The molecule has 0 amide bonds. The van der Waals surface area contributed by atoms with E-state index in [2.05, 4.69) is 18.7 Å². The number of aromatic nitrogens is 1. The summed E-state index contributed by atoms with van der Waals surface area (Å²) in [6.07, 6.45) is 3.93. The number of halogens is 1. The summed E-state index contributed by atoms with van der Waals surface area (Å²) in [6, 6.07) is 10.5. The zero-order valence-electron chi connectivity index (χ0n) is 18.4. The third kappa shape index (κ3) is 5.02. The molecule has 1 unspecified atom stereocenters. The number of nitrogens with two attached hydrogens (primary N) is 1. The summed E-state index contributed by atoms with van der Waals surface area (Å²) in [6.45, 7) is 9.10. The first-order chi connectivity index (χ1) is 14.8. The molecule has 2 aromatic rings. The summed E-state index contributed by atoms with van der Waals surface area (Å²) in [5.74, 6) is -0.680. The van der Waals surface area contributed by atoms with Gasteiger partial charge in [-0.05, 0) is 55.3 Å². The van der Waals surface area contributed by atoms with Crippen molar-refractivity contribution in [2.45, 2.75) is 33.6 Å². The minimum Gasteiger partial charge on any atom is -0.384 e. The van der Waals surface area contributed by atoms with Crippen LogP contribution in [0.15, 0.2) is 64.7 Å². The van der Waals surface area contributed by atoms with E-state index in [4.69, 9.17) is 5.73 Å². The van der Waals surface area contributed by atoms with Crippen LogP contribution in [0.2, 0.25) is 0 Å². The highest BCUT2D eigenvalue weighted by Crippen LogP contribution is 2.29. The molecular formula is C25H30FN3O2. The number of carbonyl (C=O) groups excluding carboxylic acids is 1. The number of hydrogen-bond acceptors (Lipinski definition) is 4. The van der Waals surface area contributed by atoms with Gasteiger partial charge in [0.05, 0.1) is 11.3 Å². The molecule has 6 heteroatoms. The zero-order valence-corrected chi connectivity index (χ0v) is 18.4. The number of carbonyl (C=O) groups is 1. The second-order valence-electron chi connectivity index (χ2n) is 7.92. The van der Waals surface area contributed by atoms with Gasteiger partial charge >= 0.3 is 0 Å². The van der Waals surface area contributed by atoms with Gasteiger partial charge < -0.3 is 10.6 Å². The van der Waals surface area contributed by atoms with Crippen LogP contribution in [0.25, 0.3) is 5.69 Å². The Morgan fingerprint density at radius 3 is 2.42 bits per heavy atom. The Labute approximate surface area is 182 Å². The van der Waals surface area contributed by atoms with Gasteiger partial charge in [0, 0.05) is 24.6 Å². The highest BCUT2D eigenvalue weighted by molar-refractivity contribution is 6.12. The van der Waals surface area contributed by atoms with E-state index in [9.17, 15) is 14.0 Å². The van der Waals surface area contributed by atoms with Crippen molar-refractivity contribution >= 4 is 11.6 Å². The van der Waals surface area contributed by atoms with Crippen molar-refractivity contribution in [3.05, 3.63) is 81.4 Å². The summed E-state index contributed by atoms with van der Waals surface area (Å²) in [7, 11) is 0. The molecule has 1 atom stereocenters. The number of nitrogen functional groups attached to an aromatic ring is 1. The molecule has 0 aliphatic heterocycles. The van der Waals surface area contributed by atoms with Gasteiger partial charge in [0.1, 0.15) is 11.6 Å². The Balaban J connectivity index is 1.89. The van der Waals surface area contributed by atoms with Crippen molar-refractivity contribution < 1.29 is 9.18 Å². The van der Waals surface area contributed by atoms with E-state index in [1.807, 2.05) is 24.3 Å². The second-order valence-corrected chi connectivity index (χ2v) is 7.92. The molecule has 1 aromatic carbocycles. The largest absolute Gasteiger partial charge is 0.384 e. The van der Waals surface area contributed by atoms with Gasteiger partial charge in [-0.2, -0.15) is 0 Å². The molecule has 1 aliphatic rings. The maximum Gasteiger partial charge on any atom is 0.256 e. The quantitative estimate of drug-likeness (QED) is 0.643. The van der Waals surface area contributed by atoms with Gasteiger partial charge in [0.2, 0.25) is 0 Å². The second kappa shape index (κ2) is 9.88. The number of rotatable bonds is 8. The minimum atomic E-state index is -0.304. The molecule has 0 spiro atoms. The fourth-order valence-electron chi connectivity index (χ4n) is 3.92. The van der Waals surface area contributed by atoms with E-state index in [1.54, 1.807) is 6.92 Å². The monoisotopic (exact) mass is 423 g/mol. The number of allylic oxidation sites excluding steroid dienone is 4. The van der Waals surface area contributed by atoms with Crippen molar-refractivity contribution in [3.63, 3.8) is 0 Å². The molecule has 0 radical (unpaired) electrons. The van der Waals surface area contributed by atoms with Crippen LogP contribution < -0.4 is 11.3 Å². The lowest BCUT2D eigenvalue weighted by molar-refractivity contribution is 0.102. The van der Waals surface area contributed by atoms with Crippen LogP contribution in [0.1, 0.15) is 43.1 Å². The fraction of sp³-hybridized carbons (Fsp3) is 0.360. The Hall–Kier alpha value is -2.99. The van der Waals surface area contributed by atoms with Crippen molar-refractivity contribution in [1.82, 2.24) is 9.47 Å². The number of nitrogens with zero attached hydrogens (tertiary/aromatic N) is 2. The van der Waals surface area contributed by atoms with Crippen LogP contribution in [0.3, 0.4) is 0 Å².